The van der Waals surface area contributed by atoms with Gasteiger partial charge >= 0.3 is 5.97 Å². The summed E-state index contributed by atoms with van der Waals surface area (Å²) in [6.07, 6.45) is 10.4. The van der Waals surface area contributed by atoms with Crippen molar-refractivity contribution in [2.24, 2.45) is 5.41 Å². The molecule has 3 nitrogen and oxygen atoms in total. The minimum Gasteiger partial charge on any atom is -0.481 e. The third-order valence-electron chi connectivity index (χ3n) is 3.56. The molecule has 0 saturated heterocycles. The van der Waals surface area contributed by atoms with Crippen LogP contribution in [0.4, 0.5) is 0 Å². The fraction of sp³-hybridized carbons (Fsp3) is 0.938. The lowest BCUT2D eigenvalue weighted by atomic mass is 9.87. The van der Waals surface area contributed by atoms with Gasteiger partial charge in [0.05, 0.1) is 5.41 Å². The molecule has 0 fully saturated rings. The molecule has 0 aliphatic heterocycles. The topological polar surface area (TPSA) is 46.5 Å². The molecule has 0 amide bonds. The molecule has 0 bridgehead atoms. The second-order valence-electron chi connectivity index (χ2n) is 6.03. The second-order valence-corrected chi connectivity index (χ2v) is 6.03. The Balaban J connectivity index is 3.21. The summed E-state index contributed by atoms with van der Waals surface area (Å²) in [6, 6.07) is 0. The van der Waals surface area contributed by atoms with Crippen LogP contribution in [0.2, 0.25) is 0 Å². The van der Waals surface area contributed by atoms with Gasteiger partial charge in [-0.05, 0) is 33.1 Å². The third kappa shape index (κ3) is 11.0. The van der Waals surface area contributed by atoms with Crippen LogP contribution in [0, 0.1) is 5.41 Å². The molecule has 1 N–H and O–H groups in total. The number of hydrogen-bond donors (Lipinski definition) is 1. The quantitative estimate of drug-likeness (QED) is 0.497. The van der Waals surface area contributed by atoms with Gasteiger partial charge in [0.15, 0.2) is 0 Å². The first-order valence-electron chi connectivity index (χ1n) is 7.82. The Morgan fingerprint density at radius 1 is 0.947 bits per heavy atom. The van der Waals surface area contributed by atoms with Crippen LogP contribution >= 0.6 is 0 Å². The molecule has 0 aliphatic rings. The van der Waals surface area contributed by atoms with E-state index in [2.05, 4.69) is 6.92 Å². The molecule has 0 aliphatic carbocycles. The number of unbranched alkanes of at least 4 members (excludes halogenated alkanes) is 6. The lowest BCUT2D eigenvalue weighted by Gasteiger charge is -2.18. The smallest absolute Gasteiger partial charge is 0.309 e. The molecule has 0 heterocycles. The number of hydrogen-bond acceptors (Lipinski definition) is 2. The van der Waals surface area contributed by atoms with Crippen molar-refractivity contribution in [3.8, 4) is 0 Å². The number of rotatable bonds is 13. The molecular formula is C16H32O3. The van der Waals surface area contributed by atoms with E-state index in [-0.39, 0.29) is 0 Å². The third-order valence-corrected chi connectivity index (χ3v) is 3.56. The van der Waals surface area contributed by atoms with Crippen molar-refractivity contribution < 1.29 is 14.6 Å². The summed E-state index contributed by atoms with van der Waals surface area (Å²) in [6.45, 7) is 7.42. The normalized spacial score (nSPS) is 11.7. The summed E-state index contributed by atoms with van der Waals surface area (Å²) in [5, 5.41) is 8.97. The van der Waals surface area contributed by atoms with Crippen LogP contribution < -0.4 is 0 Å². The standard InChI is InChI=1S/C16H32O3/c1-4-5-6-7-8-10-13-19-14-11-9-12-16(2,3)15(17)18/h4-14H2,1-3H3,(H,17,18). The highest BCUT2D eigenvalue weighted by Gasteiger charge is 2.25. The van der Waals surface area contributed by atoms with E-state index in [1.54, 1.807) is 13.8 Å². The van der Waals surface area contributed by atoms with Crippen molar-refractivity contribution in [3.05, 3.63) is 0 Å². The minimum atomic E-state index is -0.708. The fourth-order valence-corrected chi connectivity index (χ4v) is 1.96. The molecule has 0 radical (unpaired) electrons. The van der Waals surface area contributed by atoms with Gasteiger partial charge in [-0.15, -0.1) is 0 Å². The number of ether oxygens (including phenoxy) is 1. The van der Waals surface area contributed by atoms with E-state index in [9.17, 15) is 4.79 Å². The minimum absolute atomic E-state index is 0.598. The largest absolute Gasteiger partial charge is 0.481 e. The van der Waals surface area contributed by atoms with Gasteiger partial charge in [-0.2, -0.15) is 0 Å². The molecule has 0 aromatic heterocycles. The zero-order chi connectivity index (χ0) is 14.6. The summed E-state index contributed by atoms with van der Waals surface area (Å²) in [7, 11) is 0. The van der Waals surface area contributed by atoms with Gasteiger partial charge in [-0.25, -0.2) is 0 Å². The van der Waals surface area contributed by atoms with Gasteiger partial charge < -0.3 is 9.84 Å². The van der Waals surface area contributed by atoms with Crippen molar-refractivity contribution in [3.63, 3.8) is 0 Å². The maximum absolute atomic E-state index is 10.9. The second kappa shape index (κ2) is 11.3. The van der Waals surface area contributed by atoms with E-state index in [0.29, 0.717) is 0 Å². The molecule has 0 saturated carbocycles. The summed E-state index contributed by atoms with van der Waals surface area (Å²) in [5.41, 5.74) is -0.598. The van der Waals surface area contributed by atoms with E-state index in [1.807, 2.05) is 0 Å². The first-order valence-corrected chi connectivity index (χ1v) is 7.82. The predicted molar refractivity (Wildman–Crippen MR) is 79.5 cm³/mol. The highest BCUT2D eigenvalue weighted by Crippen LogP contribution is 2.23. The molecule has 0 rings (SSSR count). The maximum atomic E-state index is 10.9. The number of carboxylic acids is 1. The van der Waals surface area contributed by atoms with Crippen LogP contribution in [0.5, 0.6) is 0 Å². The van der Waals surface area contributed by atoms with Crippen LogP contribution in [0.3, 0.4) is 0 Å². The Labute approximate surface area is 118 Å². The van der Waals surface area contributed by atoms with Crippen LogP contribution in [0.15, 0.2) is 0 Å². The maximum Gasteiger partial charge on any atom is 0.309 e. The Hall–Kier alpha value is -0.570. The molecule has 0 unspecified atom stereocenters. The van der Waals surface area contributed by atoms with Crippen molar-refractivity contribution in [1.82, 2.24) is 0 Å². The summed E-state index contributed by atoms with van der Waals surface area (Å²) >= 11 is 0. The van der Waals surface area contributed by atoms with Gasteiger partial charge in [-0.3, -0.25) is 4.79 Å². The Morgan fingerprint density at radius 3 is 2.05 bits per heavy atom. The first kappa shape index (κ1) is 18.4. The fourth-order valence-electron chi connectivity index (χ4n) is 1.96. The molecule has 3 heteroatoms. The summed E-state index contributed by atoms with van der Waals surface area (Å²) in [4.78, 5) is 10.9. The van der Waals surface area contributed by atoms with Crippen molar-refractivity contribution in [2.75, 3.05) is 13.2 Å². The van der Waals surface area contributed by atoms with Crippen molar-refractivity contribution in [1.29, 1.82) is 0 Å². The highest BCUT2D eigenvalue weighted by atomic mass is 16.5. The zero-order valence-corrected chi connectivity index (χ0v) is 13.0. The van der Waals surface area contributed by atoms with E-state index in [1.165, 1.54) is 32.1 Å². The van der Waals surface area contributed by atoms with Crippen LogP contribution in [-0.4, -0.2) is 24.3 Å². The molecule has 0 spiro atoms. The van der Waals surface area contributed by atoms with E-state index in [0.717, 1.165) is 38.9 Å². The van der Waals surface area contributed by atoms with E-state index >= 15 is 0 Å². The molecule has 114 valence electrons. The average molecular weight is 272 g/mol. The molecular weight excluding hydrogens is 240 g/mol. The molecule has 0 atom stereocenters. The van der Waals surface area contributed by atoms with Gasteiger partial charge in [0.2, 0.25) is 0 Å². The lowest BCUT2D eigenvalue weighted by Crippen LogP contribution is -2.23. The van der Waals surface area contributed by atoms with Gasteiger partial charge in [0.25, 0.3) is 0 Å². The average Bonchev–Trinajstić information content (AvgIpc) is 2.35. The van der Waals surface area contributed by atoms with Gasteiger partial charge in [0, 0.05) is 13.2 Å². The monoisotopic (exact) mass is 272 g/mol. The zero-order valence-electron chi connectivity index (χ0n) is 13.0. The van der Waals surface area contributed by atoms with Gasteiger partial charge in [-0.1, -0.05) is 45.4 Å². The highest BCUT2D eigenvalue weighted by molar-refractivity contribution is 5.73. The molecule has 0 aromatic carbocycles. The first-order chi connectivity index (χ1) is 9.00. The number of carbonyl (C=O) groups is 1. The Morgan fingerprint density at radius 2 is 1.47 bits per heavy atom. The number of carboxylic acid groups (broad SMARTS) is 1. The Kier molecular flexibility index (Phi) is 10.9. The van der Waals surface area contributed by atoms with E-state index in [4.69, 9.17) is 9.84 Å². The van der Waals surface area contributed by atoms with Crippen molar-refractivity contribution >= 4 is 5.97 Å². The number of aliphatic carboxylic acids is 1. The summed E-state index contributed by atoms with van der Waals surface area (Å²) in [5.74, 6) is -0.708. The van der Waals surface area contributed by atoms with Crippen LogP contribution in [0.1, 0.15) is 78.6 Å². The molecule has 0 aromatic rings. The lowest BCUT2D eigenvalue weighted by molar-refractivity contribution is -0.147. The van der Waals surface area contributed by atoms with Gasteiger partial charge in [0.1, 0.15) is 0 Å². The molecule has 19 heavy (non-hydrogen) atoms. The predicted octanol–water partition coefficient (Wildman–Crippen LogP) is 4.64. The van der Waals surface area contributed by atoms with Crippen molar-refractivity contribution in [2.45, 2.75) is 78.6 Å². The van der Waals surface area contributed by atoms with Crippen LogP contribution in [0.25, 0.3) is 0 Å². The van der Waals surface area contributed by atoms with E-state index < -0.39 is 11.4 Å². The Bertz CT molecular complexity index is 224. The van der Waals surface area contributed by atoms with Crippen LogP contribution in [-0.2, 0) is 9.53 Å². The summed E-state index contributed by atoms with van der Waals surface area (Å²) < 4.78 is 5.57. The SMILES string of the molecule is CCCCCCCCOCCCCC(C)(C)C(=O)O.